The molecule has 8 heteroatoms. The Kier molecular flexibility index (Phi) is 12.7. The van der Waals surface area contributed by atoms with Gasteiger partial charge in [0.15, 0.2) is 6.29 Å². The van der Waals surface area contributed by atoms with Gasteiger partial charge in [0, 0.05) is 42.8 Å². The molecule has 0 amide bonds. The normalized spacial score (nSPS) is 10.9. The maximum Gasteiger partial charge on any atom is 0.191 e. The minimum absolute atomic E-state index is 0.227. The topological polar surface area (TPSA) is 82.8 Å². The van der Waals surface area contributed by atoms with Crippen molar-refractivity contribution in [3.63, 3.8) is 0 Å². The second kappa shape index (κ2) is 17.5. The third-order valence-corrected chi connectivity index (χ3v) is 8.61. The molecule has 7 nitrogen and oxygen atoms in total. The SMILES string of the molecule is C=Cc1cc(Cl)c(OCc2cccc(-c3cccc(-c4ccc(OCC(OCC)OCC)cc4)c3C)c2C)cc1OCc1cncc(C#N)c1. The number of hydrogen-bond donors (Lipinski definition) is 0. The molecule has 4 aromatic carbocycles. The second-order valence-electron chi connectivity index (χ2n) is 11.5. The van der Waals surface area contributed by atoms with Gasteiger partial charge in [0.05, 0.1) is 10.6 Å². The van der Waals surface area contributed by atoms with E-state index < -0.39 is 6.29 Å². The van der Waals surface area contributed by atoms with Crippen molar-refractivity contribution in [3.05, 3.63) is 136 Å². The average molecular weight is 689 g/mol. The number of halogens is 1. The van der Waals surface area contributed by atoms with Crippen molar-refractivity contribution >= 4 is 17.7 Å². The van der Waals surface area contributed by atoms with Gasteiger partial charge < -0.3 is 23.7 Å². The van der Waals surface area contributed by atoms with E-state index in [2.05, 4.69) is 80.0 Å². The molecule has 50 heavy (non-hydrogen) atoms. The van der Waals surface area contributed by atoms with Crippen molar-refractivity contribution in [3.8, 4) is 45.6 Å². The van der Waals surface area contributed by atoms with E-state index in [0.29, 0.717) is 48.5 Å². The highest BCUT2D eigenvalue weighted by Gasteiger charge is 2.15. The number of rotatable bonds is 16. The van der Waals surface area contributed by atoms with Crippen LogP contribution in [0.1, 0.15) is 47.2 Å². The van der Waals surface area contributed by atoms with E-state index in [0.717, 1.165) is 50.3 Å². The number of aromatic nitrogens is 1. The molecule has 256 valence electrons. The monoisotopic (exact) mass is 688 g/mol. The summed E-state index contributed by atoms with van der Waals surface area (Å²) in [5.74, 6) is 1.83. The third kappa shape index (κ3) is 8.90. The quantitative estimate of drug-likeness (QED) is 0.0954. The van der Waals surface area contributed by atoms with Crippen LogP contribution in [0, 0.1) is 25.2 Å². The van der Waals surface area contributed by atoms with Crippen molar-refractivity contribution in [2.24, 2.45) is 0 Å². The molecule has 0 atom stereocenters. The first kappa shape index (κ1) is 36.2. The lowest BCUT2D eigenvalue weighted by atomic mass is 9.89. The van der Waals surface area contributed by atoms with E-state index in [9.17, 15) is 5.26 Å². The summed E-state index contributed by atoms with van der Waals surface area (Å²) in [7, 11) is 0. The van der Waals surface area contributed by atoms with Crippen LogP contribution >= 0.6 is 11.6 Å². The molecule has 0 N–H and O–H groups in total. The van der Waals surface area contributed by atoms with E-state index in [4.69, 9.17) is 35.3 Å². The smallest absolute Gasteiger partial charge is 0.191 e. The van der Waals surface area contributed by atoms with Crippen LogP contribution in [0.3, 0.4) is 0 Å². The van der Waals surface area contributed by atoms with Crippen molar-refractivity contribution in [2.75, 3.05) is 19.8 Å². The summed E-state index contributed by atoms with van der Waals surface area (Å²) in [5.41, 5.74) is 9.85. The molecular weight excluding hydrogens is 648 g/mol. The fourth-order valence-electron chi connectivity index (χ4n) is 5.67. The zero-order valence-electron chi connectivity index (χ0n) is 28.9. The molecule has 5 aromatic rings. The van der Waals surface area contributed by atoms with Gasteiger partial charge in [-0.3, -0.25) is 4.98 Å². The lowest BCUT2D eigenvalue weighted by Gasteiger charge is -2.18. The minimum atomic E-state index is -0.391. The number of nitriles is 1. The standard InChI is InChI=1S/C42H41ClN2O5/c1-6-32-20-39(43)41(21-40(32)49-25-31-19-30(22-44)23-45-24-31)50-26-34-11-9-13-37(28(34)4)38-14-10-12-36(29(38)5)33-15-17-35(18-16-33)48-27-42(46-7-2)47-8-3/h6,9-21,23-24,42H,1,7-8,25-27H2,2-5H3. The van der Waals surface area contributed by atoms with Crippen LogP contribution in [0.5, 0.6) is 17.2 Å². The van der Waals surface area contributed by atoms with Crippen molar-refractivity contribution in [1.29, 1.82) is 5.26 Å². The van der Waals surface area contributed by atoms with Crippen LogP contribution in [0.15, 0.2) is 97.8 Å². The Labute approximate surface area is 299 Å². The second-order valence-corrected chi connectivity index (χ2v) is 11.9. The zero-order chi connectivity index (χ0) is 35.5. The largest absolute Gasteiger partial charge is 0.488 e. The predicted octanol–water partition coefficient (Wildman–Crippen LogP) is 10.1. The van der Waals surface area contributed by atoms with Crippen molar-refractivity contribution in [2.45, 2.75) is 47.2 Å². The molecule has 1 aromatic heterocycles. The zero-order valence-corrected chi connectivity index (χ0v) is 29.6. The van der Waals surface area contributed by atoms with E-state index in [-0.39, 0.29) is 6.61 Å². The number of benzene rings is 4. The molecule has 0 fully saturated rings. The molecule has 0 aliphatic rings. The summed E-state index contributed by atoms with van der Waals surface area (Å²) in [6.45, 7) is 14.0. The van der Waals surface area contributed by atoms with Gasteiger partial charge in [-0.05, 0) is 90.9 Å². The number of hydrogen-bond acceptors (Lipinski definition) is 7. The lowest BCUT2D eigenvalue weighted by Crippen LogP contribution is -2.25. The molecule has 0 aliphatic heterocycles. The lowest BCUT2D eigenvalue weighted by molar-refractivity contribution is -0.152. The molecule has 5 rings (SSSR count). The van der Waals surface area contributed by atoms with E-state index in [1.54, 1.807) is 30.5 Å². The highest BCUT2D eigenvalue weighted by atomic mass is 35.5. The Bertz CT molecular complexity index is 1960. The van der Waals surface area contributed by atoms with Crippen LogP contribution in [-0.2, 0) is 22.7 Å². The van der Waals surface area contributed by atoms with Crippen LogP contribution < -0.4 is 14.2 Å². The first-order valence-electron chi connectivity index (χ1n) is 16.6. The molecular formula is C42H41ClN2O5. The number of pyridine rings is 1. The van der Waals surface area contributed by atoms with Crippen molar-refractivity contribution < 1.29 is 23.7 Å². The first-order chi connectivity index (χ1) is 24.3. The molecule has 0 spiro atoms. The van der Waals surface area contributed by atoms with E-state index in [1.165, 1.54) is 11.8 Å². The predicted molar refractivity (Wildman–Crippen MR) is 198 cm³/mol. The Balaban J connectivity index is 1.31. The van der Waals surface area contributed by atoms with Gasteiger partial charge in [0.1, 0.15) is 43.1 Å². The summed E-state index contributed by atoms with van der Waals surface area (Å²) >= 11 is 6.64. The Morgan fingerprint density at radius 2 is 1.48 bits per heavy atom. The molecule has 0 bridgehead atoms. The van der Waals surface area contributed by atoms with Gasteiger partial charge in [-0.15, -0.1) is 0 Å². The number of ether oxygens (including phenoxy) is 5. The Hall–Kier alpha value is -5.13. The van der Waals surface area contributed by atoms with Crippen LogP contribution in [0.2, 0.25) is 5.02 Å². The number of nitrogens with zero attached hydrogens (tertiary/aromatic N) is 2. The van der Waals surface area contributed by atoms with Gasteiger partial charge in [0.25, 0.3) is 0 Å². The fourth-order valence-corrected chi connectivity index (χ4v) is 5.90. The highest BCUT2D eigenvalue weighted by Crippen LogP contribution is 2.37. The summed E-state index contributed by atoms with van der Waals surface area (Å²) in [6, 6.07) is 28.2. The van der Waals surface area contributed by atoms with Gasteiger partial charge in [-0.1, -0.05) is 72.8 Å². The summed E-state index contributed by atoms with van der Waals surface area (Å²) in [6.07, 6.45) is 4.48. The van der Waals surface area contributed by atoms with Crippen LogP contribution in [-0.4, -0.2) is 31.1 Å². The van der Waals surface area contributed by atoms with Gasteiger partial charge in [-0.25, -0.2) is 0 Å². The summed E-state index contributed by atoms with van der Waals surface area (Å²) in [4.78, 5) is 4.11. The summed E-state index contributed by atoms with van der Waals surface area (Å²) in [5, 5.41) is 9.66. The summed E-state index contributed by atoms with van der Waals surface area (Å²) < 4.78 is 29.5. The van der Waals surface area contributed by atoms with Gasteiger partial charge in [-0.2, -0.15) is 5.26 Å². The first-order valence-corrected chi connectivity index (χ1v) is 16.9. The minimum Gasteiger partial charge on any atom is -0.488 e. The van der Waals surface area contributed by atoms with Crippen molar-refractivity contribution in [1.82, 2.24) is 4.98 Å². The Morgan fingerprint density at radius 1 is 0.800 bits per heavy atom. The van der Waals surface area contributed by atoms with Crippen LogP contribution in [0.4, 0.5) is 0 Å². The molecule has 0 unspecified atom stereocenters. The molecule has 0 aliphatic carbocycles. The molecule has 0 saturated heterocycles. The average Bonchev–Trinajstić information content (AvgIpc) is 3.14. The van der Waals surface area contributed by atoms with Gasteiger partial charge >= 0.3 is 0 Å². The van der Waals surface area contributed by atoms with Gasteiger partial charge in [0.2, 0.25) is 0 Å². The molecule has 0 saturated carbocycles. The third-order valence-electron chi connectivity index (χ3n) is 8.31. The molecule has 0 radical (unpaired) electrons. The maximum absolute atomic E-state index is 9.20. The fraction of sp³-hybridized carbons (Fsp3) is 0.238. The Morgan fingerprint density at radius 3 is 2.18 bits per heavy atom. The van der Waals surface area contributed by atoms with Crippen LogP contribution in [0.25, 0.3) is 28.3 Å². The highest BCUT2D eigenvalue weighted by molar-refractivity contribution is 6.32. The van der Waals surface area contributed by atoms with E-state index in [1.807, 2.05) is 26.0 Å². The maximum atomic E-state index is 9.20. The molecule has 1 heterocycles. The van der Waals surface area contributed by atoms with E-state index >= 15 is 0 Å².